The normalized spacial score (nSPS) is 12.2. The van der Waals surface area contributed by atoms with Crippen LogP contribution in [0.2, 0.25) is 5.15 Å². The summed E-state index contributed by atoms with van der Waals surface area (Å²) in [4.78, 5) is 20.2. The molecule has 3 aromatic heterocycles. The van der Waals surface area contributed by atoms with Gasteiger partial charge in [-0.15, -0.1) is 0 Å². The second-order valence-electron chi connectivity index (χ2n) is 7.94. The number of aryl methyl sites for hydroxylation is 1. The number of furan rings is 1. The summed E-state index contributed by atoms with van der Waals surface area (Å²) in [6.07, 6.45) is 1.79. The Labute approximate surface area is 194 Å². The number of aromatic carboxylic acids is 1. The summed E-state index contributed by atoms with van der Waals surface area (Å²) in [5.74, 6) is -1.15. The molecule has 5 rings (SSSR count). The van der Waals surface area contributed by atoms with Gasteiger partial charge in [0.1, 0.15) is 16.3 Å². The van der Waals surface area contributed by atoms with Gasteiger partial charge in [-0.05, 0) is 49.2 Å². The molecular formula is C26H20ClN3O3. The number of nitrogens with one attached hydrogen (secondary N) is 1. The fourth-order valence-electron chi connectivity index (χ4n) is 4.13. The number of aromatic nitrogens is 2. The van der Waals surface area contributed by atoms with Crippen molar-refractivity contribution in [3.05, 3.63) is 88.8 Å². The molecule has 1 atom stereocenters. The Morgan fingerprint density at radius 2 is 1.88 bits per heavy atom. The highest BCUT2D eigenvalue weighted by atomic mass is 35.5. The average Bonchev–Trinajstić information content (AvgIpc) is 3.18. The van der Waals surface area contributed by atoms with E-state index in [0.717, 1.165) is 38.7 Å². The van der Waals surface area contributed by atoms with E-state index in [0.29, 0.717) is 11.3 Å². The van der Waals surface area contributed by atoms with Gasteiger partial charge in [0.25, 0.3) is 0 Å². The summed E-state index contributed by atoms with van der Waals surface area (Å²) in [6, 6.07) is 19.0. The molecule has 0 spiro atoms. The van der Waals surface area contributed by atoms with Crippen molar-refractivity contribution in [1.29, 1.82) is 0 Å². The van der Waals surface area contributed by atoms with Gasteiger partial charge in [0, 0.05) is 22.7 Å². The Hall–Kier alpha value is -3.90. The van der Waals surface area contributed by atoms with Crippen molar-refractivity contribution >= 4 is 45.3 Å². The fraction of sp³-hybridized carbons (Fsp3) is 0.115. The number of carboxylic acid groups (broad SMARTS) is 1. The average molecular weight is 458 g/mol. The van der Waals surface area contributed by atoms with Gasteiger partial charge >= 0.3 is 5.97 Å². The third-order valence-corrected chi connectivity index (χ3v) is 5.82. The van der Waals surface area contributed by atoms with Crippen LogP contribution in [0.4, 0.5) is 5.69 Å². The third-order valence-electron chi connectivity index (χ3n) is 5.61. The number of nitrogens with zero attached hydrogens (tertiary/aromatic N) is 2. The van der Waals surface area contributed by atoms with Crippen molar-refractivity contribution in [2.45, 2.75) is 19.9 Å². The molecule has 0 fully saturated rings. The van der Waals surface area contributed by atoms with Crippen molar-refractivity contribution in [2.24, 2.45) is 0 Å². The predicted molar refractivity (Wildman–Crippen MR) is 130 cm³/mol. The van der Waals surface area contributed by atoms with Crippen molar-refractivity contribution in [2.75, 3.05) is 5.32 Å². The third kappa shape index (κ3) is 3.79. The van der Waals surface area contributed by atoms with Gasteiger partial charge in [0.05, 0.1) is 11.7 Å². The first-order valence-electron chi connectivity index (χ1n) is 10.5. The maximum absolute atomic E-state index is 11.7. The molecule has 0 saturated carbocycles. The molecule has 2 N–H and O–H groups in total. The number of anilines is 1. The van der Waals surface area contributed by atoms with Gasteiger partial charge in [-0.25, -0.2) is 9.78 Å². The Morgan fingerprint density at radius 3 is 2.64 bits per heavy atom. The highest BCUT2D eigenvalue weighted by Crippen LogP contribution is 2.38. The molecule has 3 heterocycles. The van der Waals surface area contributed by atoms with E-state index in [1.807, 2.05) is 56.3 Å². The smallest absolute Gasteiger partial charge is 0.356 e. The Kier molecular flexibility index (Phi) is 5.23. The van der Waals surface area contributed by atoms with Gasteiger partial charge < -0.3 is 14.8 Å². The molecule has 0 saturated heterocycles. The van der Waals surface area contributed by atoms with Crippen molar-refractivity contribution in [3.8, 4) is 11.1 Å². The van der Waals surface area contributed by atoms with Crippen LogP contribution >= 0.6 is 11.6 Å². The van der Waals surface area contributed by atoms with Crippen LogP contribution in [-0.2, 0) is 0 Å². The lowest BCUT2D eigenvalue weighted by atomic mass is 10.0. The van der Waals surface area contributed by atoms with Crippen molar-refractivity contribution in [3.63, 3.8) is 0 Å². The molecule has 33 heavy (non-hydrogen) atoms. The van der Waals surface area contributed by atoms with E-state index < -0.39 is 5.97 Å². The Morgan fingerprint density at radius 1 is 1.09 bits per heavy atom. The van der Waals surface area contributed by atoms with Gasteiger partial charge in [0.15, 0.2) is 11.3 Å². The van der Waals surface area contributed by atoms with Crippen LogP contribution in [0.1, 0.15) is 34.6 Å². The maximum atomic E-state index is 11.7. The van der Waals surface area contributed by atoms with Gasteiger partial charge in [-0.2, -0.15) is 0 Å². The lowest BCUT2D eigenvalue weighted by Crippen LogP contribution is -2.12. The molecule has 0 amide bonds. The largest absolute Gasteiger partial charge is 0.476 e. The molecule has 2 aromatic carbocycles. The second-order valence-corrected chi connectivity index (χ2v) is 8.32. The zero-order valence-corrected chi connectivity index (χ0v) is 18.7. The van der Waals surface area contributed by atoms with E-state index in [-0.39, 0.29) is 16.9 Å². The lowest BCUT2D eigenvalue weighted by molar-refractivity contribution is 0.0691. The number of fused-ring (bicyclic) bond motifs is 3. The highest BCUT2D eigenvalue weighted by Gasteiger charge is 2.21. The molecule has 0 radical (unpaired) electrons. The molecule has 5 aromatic rings. The fourth-order valence-corrected chi connectivity index (χ4v) is 4.28. The molecular weight excluding hydrogens is 438 g/mol. The second kappa shape index (κ2) is 8.22. The predicted octanol–water partition coefficient (Wildman–Crippen LogP) is 6.88. The van der Waals surface area contributed by atoms with E-state index in [1.165, 1.54) is 0 Å². The summed E-state index contributed by atoms with van der Waals surface area (Å²) in [5.41, 5.74) is 6.44. The number of hydrogen-bond donors (Lipinski definition) is 2. The van der Waals surface area contributed by atoms with Crippen LogP contribution < -0.4 is 5.32 Å². The molecule has 7 heteroatoms. The van der Waals surface area contributed by atoms with Crippen LogP contribution in [0, 0.1) is 6.92 Å². The molecule has 0 unspecified atom stereocenters. The quantitative estimate of drug-likeness (QED) is 0.280. The first kappa shape index (κ1) is 21.0. The van der Waals surface area contributed by atoms with Gasteiger partial charge in [-0.1, -0.05) is 48.0 Å². The minimum atomic E-state index is -1.15. The van der Waals surface area contributed by atoms with Crippen LogP contribution in [0.25, 0.3) is 33.2 Å². The Bertz CT molecular complexity index is 1510. The first-order valence-corrected chi connectivity index (χ1v) is 10.8. The summed E-state index contributed by atoms with van der Waals surface area (Å²) in [5, 5.41) is 13.8. The summed E-state index contributed by atoms with van der Waals surface area (Å²) < 4.78 is 6.42. The number of rotatable bonds is 5. The Balaban J connectivity index is 1.66. The summed E-state index contributed by atoms with van der Waals surface area (Å²) >= 11 is 5.90. The van der Waals surface area contributed by atoms with Crippen LogP contribution in [0.3, 0.4) is 0 Å². The monoisotopic (exact) mass is 457 g/mol. The zero-order valence-electron chi connectivity index (χ0n) is 18.0. The maximum Gasteiger partial charge on any atom is 0.356 e. The molecule has 0 bridgehead atoms. The lowest BCUT2D eigenvalue weighted by Gasteiger charge is -2.18. The zero-order chi connectivity index (χ0) is 23.1. The van der Waals surface area contributed by atoms with Crippen LogP contribution in [0.5, 0.6) is 0 Å². The number of hydrogen-bond acceptors (Lipinski definition) is 5. The van der Waals surface area contributed by atoms with Crippen LogP contribution in [0.15, 0.2) is 71.3 Å². The molecule has 6 nitrogen and oxygen atoms in total. The molecule has 0 aliphatic carbocycles. The number of pyridine rings is 2. The van der Waals surface area contributed by atoms with E-state index in [9.17, 15) is 9.90 Å². The molecule has 0 aliphatic heterocycles. The molecule has 0 aliphatic rings. The van der Waals surface area contributed by atoms with Crippen molar-refractivity contribution < 1.29 is 14.3 Å². The SMILES string of the molecule is Cc1cc([C@@H](C)Nc2ccc(Cl)nc2C(=O)O)c2oc3c(-c4ccccc4)ccnc3c2c1. The standard InChI is InChI=1S/C26H20ClN3O3/c1-14-12-18(15(2)29-20-8-9-21(27)30-23(20)26(31)32)24-19(13-14)22-25(33-24)17(10-11-28-22)16-6-4-3-5-7-16/h3-13,15,29H,1-2H3,(H,31,32)/t15-/m1/s1. The van der Waals surface area contributed by atoms with Gasteiger partial charge in [-0.3, -0.25) is 4.98 Å². The van der Waals surface area contributed by atoms with Crippen LogP contribution in [-0.4, -0.2) is 21.0 Å². The highest BCUT2D eigenvalue weighted by molar-refractivity contribution is 6.29. The summed E-state index contributed by atoms with van der Waals surface area (Å²) in [6.45, 7) is 3.97. The number of halogens is 1. The van der Waals surface area contributed by atoms with E-state index >= 15 is 0 Å². The first-order chi connectivity index (χ1) is 15.9. The van der Waals surface area contributed by atoms with Gasteiger partial charge in [0.2, 0.25) is 0 Å². The van der Waals surface area contributed by atoms with Crippen molar-refractivity contribution in [1.82, 2.24) is 9.97 Å². The minimum absolute atomic E-state index is 0.125. The molecule has 164 valence electrons. The topological polar surface area (TPSA) is 88.2 Å². The number of carboxylic acids is 1. The summed E-state index contributed by atoms with van der Waals surface area (Å²) in [7, 11) is 0. The number of benzene rings is 2. The van der Waals surface area contributed by atoms with E-state index in [1.54, 1.807) is 18.3 Å². The van der Waals surface area contributed by atoms with E-state index in [2.05, 4.69) is 21.4 Å². The number of carbonyl (C=O) groups is 1. The minimum Gasteiger partial charge on any atom is -0.476 e. The van der Waals surface area contributed by atoms with E-state index in [4.69, 9.17) is 16.0 Å².